The van der Waals surface area contributed by atoms with Gasteiger partial charge in [-0.3, -0.25) is 10.1 Å². The van der Waals surface area contributed by atoms with Crippen LogP contribution in [0.3, 0.4) is 0 Å². The van der Waals surface area contributed by atoms with E-state index >= 15 is 0 Å². The van der Waals surface area contributed by atoms with Gasteiger partial charge in [0, 0.05) is 29.6 Å². The van der Waals surface area contributed by atoms with Crippen LogP contribution in [0.1, 0.15) is 21.6 Å². The topological polar surface area (TPSA) is 85.4 Å². The van der Waals surface area contributed by atoms with E-state index in [1.807, 2.05) is 0 Å². The number of carboxylic acid groups (broad SMARTS) is 1. The Morgan fingerprint density at radius 2 is 1.71 bits per heavy atom. The maximum atomic E-state index is 13.8. The number of aryl methyl sites for hydroxylation is 1. The summed E-state index contributed by atoms with van der Waals surface area (Å²) in [6.45, 7) is 1.61. The predicted molar refractivity (Wildman–Crippen MR) is 94.6 cm³/mol. The number of carboxylic acids is 1. The number of aromatic carboxylic acids is 1. The summed E-state index contributed by atoms with van der Waals surface area (Å²) in [7, 11) is 0. The van der Waals surface area contributed by atoms with E-state index in [0.717, 1.165) is 22.9 Å². The van der Waals surface area contributed by atoms with Gasteiger partial charge in [-0.25, -0.2) is 4.79 Å². The quantitative estimate of drug-likeness (QED) is 0.497. The zero-order valence-corrected chi connectivity index (χ0v) is 14.4. The van der Waals surface area contributed by atoms with Gasteiger partial charge in [0.05, 0.1) is 10.5 Å². The molecule has 0 spiro atoms. The molecule has 0 aliphatic rings. The van der Waals surface area contributed by atoms with Gasteiger partial charge < -0.3 is 9.67 Å². The standard InChI is InChI=1S/C19H13F3N2O4/c1-11-4-2-3-5-15(11)23-10-14(12-6-8-13(9-7-12)24(27)28)16(18(25)26)17(23)19(20,21)22/h2-10H,1H3,(H,25,26). The van der Waals surface area contributed by atoms with Gasteiger partial charge in [-0.15, -0.1) is 0 Å². The van der Waals surface area contributed by atoms with Crippen molar-refractivity contribution in [3.63, 3.8) is 0 Å². The number of nitro benzene ring substituents is 1. The largest absolute Gasteiger partial charge is 0.478 e. The first-order chi connectivity index (χ1) is 13.1. The number of nitrogens with zero attached hydrogens (tertiary/aromatic N) is 2. The van der Waals surface area contributed by atoms with E-state index in [0.29, 0.717) is 5.56 Å². The van der Waals surface area contributed by atoms with Crippen molar-refractivity contribution in [3.8, 4) is 16.8 Å². The molecule has 1 heterocycles. The van der Waals surface area contributed by atoms with Crippen molar-refractivity contribution in [3.05, 3.63) is 81.7 Å². The predicted octanol–water partition coefficient (Wildman–Crippen LogP) is 5.08. The maximum absolute atomic E-state index is 13.8. The number of halogens is 3. The molecule has 1 aromatic heterocycles. The number of alkyl halides is 3. The molecule has 0 bridgehead atoms. The number of benzene rings is 2. The molecule has 0 saturated carbocycles. The normalized spacial score (nSPS) is 11.4. The molecular formula is C19H13F3N2O4. The Morgan fingerprint density at radius 1 is 1.11 bits per heavy atom. The highest BCUT2D eigenvalue weighted by Gasteiger charge is 2.42. The Hall–Kier alpha value is -3.62. The summed E-state index contributed by atoms with van der Waals surface area (Å²) in [5, 5.41) is 20.3. The van der Waals surface area contributed by atoms with Crippen LogP contribution >= 0.6 is 0 Å². The lowest BCUT2D eigenvalue weighted by Crippen LogP contribution is -2.17. The second kappa shape index (κ2) is 6.84. The highest BCUT2D eigenvalue weighted by atomic mass is 19.4. The van der Waals surface area contributed by atoms with Gasteiger partial charge in [0.15, 0.2) is 0 Å². The number of non-ortho nitro benzene ring substituents is 1. The fourth-order valence-corrected chi connectivity index (χ4v) is 3.01. The van der Waals surface area contributed by atoms with Crippen LogP contribution in [-0.2, 0) is 6.18 Å². The van der Waals surface area contributed by atoms with Crippen LogP contribution in [0, 0.1) is 17.0 Å². The molecule has 0 radical (unpaired) electrons. The van der Waals surface area contributed by atoms with Gasteiger partial charge >= 0.3 is 12.1 Å². The first-order valence-corrected chi connectivity index (χ1v) is 7.98. The summed E-state index contributed by atoms with van der Waals surface area (Å²) < 4.78 is 42.2. The molecule has 9 heteroatoms. The minimum atomic E-state index is -4.94. The molecular weight excluding hydrogens is 377 g/mol. The van der Waals surface area contributed by atoms with E-state index in [2.05, 4.69) is 0 Å². The van der Waals surface area contributed by atoms with Gasteiger partial charge in [0.25, 0.3) is 5.69 Å². The Bertz CT molecular complexity index is 1070. The third kappa shape index (κ3) is 3.34. The first-order valence-electron chi connectivity index (χ1n) is 7.98. The maximum Gasteiger partial charge on any atom is 0.432 e. The molecule has 2 aromatic carbocycles. The van der Waals surface area contributed by atoms with Gasteiger partial charge in [0.2, 0.25) is 0 Å². The number of nitro groups is 1. The Kier molecular flexibility index (Phi) is 4.68. The van der Waals surface area contributed by atoms with E-state index in [1.165, 1.54) is 18.2 Å². The third-order valence-electron chi connectivity index (χ3n) is 4.25. The summed E-state index contributed by atoms with van der Waals surface area (Å²) in [4.78, 5) is 21.9. The van der Waals surface area contributed by atoms with Crippen molar-refractivity contribution < 1.29 is 28.0 Å². The Balaban J connectivity index is 2.34. The molecule has 0 atom stereocenters. The van der Waals surface area contributed by atoms with Gasteiger partial charge in [-0.05, 0) is 36.2 Å². The van der Waals surface area contributed by atoms with Crippen LogP contribution in [0.25, 0.3) is 16.8 Å². The van der Waals surface area contributed by atoms with E-state index in [-0.39, 0.29) is 22.5 Å². The minimum absolute atomic E-state index is 0.126. The Labute approximate surface area is 156 Å². The molecule has 0 fully saturated rings. The van der Waals surface area contributed by atoms with E-state index in [1.54, 1.807) is 25.1 Å². The molecule has 6 nitrogen and oxygen atoms in total. The molecule has 3 aromatic rings. The fraction of sp³-hybridized carbons (Fsp3) is 0.105. The van der Waals surface area contributed by atoms with Gasteiger partial charge in [0.1, 0.15) is 5.69 Å². The SMILES string of the molecule is Cc1ccccc1-n1cc(-c2ccc([N+](=O)[O-])cc2)c(C(=O)O)c1C(F)(F)F. The van der Waals surface area contributed by atoms with Crippen molar-refractivity contribution in [2.75, 3.05) is 0 Å². The highest BCUT2D eigenvalue weighted by molar-refractivity contribution is 5.98. The third-order valence-corrected chi connectivity index (χ3v) is 4.25. The zero-order valence-electron chi connectivity index (χ0n) is 14.4. The molecule has 0 saturated heterocycles. The minimum Gasteiger partial charge on any atom is -0.478 e. The lowest BCUT2D eigenvalue weighted by atomic mass is 10.0. The van der Waals surface area contributed by atoms with E-state index in [9.17, 15) is 33.2 Å². The van der Waals surface area contributed by atoms with Crippen molar-refractivity contribution in [2.24, 2.45) is 0 Å². The molecule has 144 valence electrons. The van der Waals surface area contributed by atoms with Crippen molar-refractivity contribution in [2.45, 2.75) is 13.1 Å². The monoisotopic (exact) mass is 390 g/mol. The molecule has 0 aliphatic carbocycles. The van der Waals surface area contributed by atoms with Crippen LogP contribution in [0.4, 0.5) is 18.9 Å². The second-order valence-corrected chi connectivity index (χ2v) is 6.03. The van der Waals surface area contributed by atoms with Crippen LogP contribution in [0.5, 0.6) is 0 Å². The smallest absolute Gasteiger partial charge is 0.432 e. The van der Waals surface area contributed by atoms with Crippen LogP contribution in [0.15, 0.2) is 54.7 Å². The number of para-hydroxylation sites is 1. The number of aromatic nitrogens is 1. The van der Waals surface area contributed by atoms with Crippen molar-refractivity contribution in [1.82, 2.24) is 4.57 Å². The molecule has 1 N–H and O–H groups in total. The van der Waals surface area contributed by atoms with Crippen LogP contribution in [0.2, 0.25) is 0 Å². The van der Waals surface area contributed by atoms with Gasteiger partial charge in [-0.2, -0.15) is 13.2 Å². The van der Waals surface area contributed by atoms with Gasteiger partial charge in [-0.1, -0.05) is 18.2 Å². The van der Waals surface area contributed by atoms with E-state index in [4.69, 9.17) is 0 Å². The zero-order chi connectivity index (χ0) is 20.6. The molecule has 3 rings (SSSR count). The molecule has 0 aliphatic heterocycles. The number of carbonyl (C=O) groups is 1. The van der Waals surface area contributed by atoms with E-state index < -0.39 is 28.3 Å². The number of hydrogen-bond acceptors (Lipinski definition) is 3. The first kappa shape index (κ1) is 19.2. The van der Waals surface area contributed by atoms with Crippen molar-refractivity contribution in [1.29, 1.82) is 0 Å². The summed E-state index contributed by atoms with van der Waals surface area (Å²) in [6.07, 6.45) is -3.84. The average molecular weight is 390 g/mol. The molecule has 0 unspecified atom stereocenters. The fourth-order valence-electron chi connectivity index (χ4n) is 3.01. The lowest BCUT2D eigenvalue weighted by molar-refractivity contribution is -0.384. The summed E-state index contributed by atoms with van der Waals surface area (Å²) in [5.41, 5.74) is -1.83. The molecule has 28 heavy (non-hydrogen) atoms. The second-order valence-electron chi connectivity index (χ2n) is 6.03. The number of rotatable bonds is 4. The molecule has 0 amide bonds. The van der Waals surface area contributed by atoms with Crippen LogP contribution in [-0.4, -0.2) is 20.6 Å². The lowest BCUT2D eigenvalue weighted by Gasteiger charge is -2.14. The van der Waals surface area contributed by atoms with Crippen molar-refractivity contribution >= 4 is 11.7 Å². The average Bonchev–Trinajstić information content (AvgIpc) is 3.03. The Morgan fingerprint density at radius 3 is 2.21 bits per heavy atom. The summed E-state index contributed by atoms with van der Waals surface area (Å²) in [6, 6.07) is 10.9. The summed E-state index contributed by atoms with van der Waals surface area (Å²) in [5.74, 6) is -1.74. The number of hydrogen-bond donors (Lipinski definition) is 1. The highest BCUT2D eigenvalue weighted by Crippen LogP contribution is 2.40. The summed E-state index contributed by atoms with van der Waals surface area (Å²) >= 11 is 0. The van der Waals surface area contributed by atoms with Crippen LogP contribution < -0.4 is 0 Å².